The minimum atomic E-state index is -0.144. The van der Waals surface area contributed by atoms with Gasteiger partial charge in [-0.05, 0) is 27.7 Å². The normalized spacial score (nSPS) is 26.7. The molecule has 3 rings (SSSR count). The zero-order chi connectivity index (χ0) is 17.4. The number of ether oxygens (including phenoxy) is 2. The molecule has 1 fully saturated rings. The Labute approximate surface area is 141 Å². The van der Waals surface area contributed by atoms with Gasteiger partial charge in [-0.1, -0.05) is 18.6 Å². The van der Waals surface area contributed by atoms with Crippen LogP contribution in [-0.2, 0) is 4.74 Å². The van der Waals surface area contributed by atoms with E-state index in [4.69, 9.17) is 15.2 Å². The van der Waals surface area contributed by atoms with Crippen molar-refractivity contribution in [2.75, 3.05) is 12.3 Å². The summed E-state index contributed by atoms with van der Waals surface area (Å²) in [5.74, 6) is 1.23. The number of fused-ring (bicyclic) bond motifs is 1. The molecule has 1 aliphatic rings. The van der Waals surface area contributed by atoms with Gasteiger partial charge >= 0.3 is 0 Å². The van der Waals surface area contributed by atoms with Crippen LogP contribution in [0.15, 0.2) is 18.0 Å². The number of imidazole rings is 1. The van der Waals surface area contributed by atoms with Crippen molar-refractivity contribution in [2.24, 2.45) is 11.8 Å². The molecule has 24 heavy (non-hydrogen) atoms. The molecule has 0 aliphatic carbocycles. The van der Waals surface area contributed by atoms with Crippen LogP contribution in [0, 0.1) is 11.8 Å². The van der Waals surface area contributed by atoms with Crippen molar-refractivity contribution >= 4 is 17.1 Å². The largest absolute Gasteiger partial charge is 0.476 e. The van der Waals surface area contributed by atoms with E-state index in [0.717, 1.165) is 0 Å². The highest BCUT2D eigenvalue weighted by Crippen LogP contribution is 2.41. The molecule has 1 aliphatic heterocycles. The topological polar surface area (TPSA) is 88.1 Å². The van der Waals surface area contributed by atoms with Gasteiger partial charge in [0.1, 0.15) is 6.23 Å². The predicted octanol–water partition coefficient (Wildman–Crippen LogP) is 2.94. The van der Waals surface area contributed by atoms with E-state index in [1.165, 1.54) is 5.57 Å². The molecule has 7 nitrogen and oxygen atoms in total. The second-order valence-corrected chi connectivity index (χ2v) is 6.56. The van der Waals surface area contributed by atoms with Crippen LogP contribution in [0.2, 0.25) is 0 Å². The summed E-state index contributed by atoms with van der Waals surface area (Å²) in [5, 5.41) is 0. The van der Waals surface area contributed by atoms with Crippen molar-refractivity contribution < 1.29 is 9.47 Å². The Hall–Kier alpha value is -2.15. The van der Waals surface area contributed by atoms with Crippen LogP contribution in [0.3, 0.4) is 0 Å². The van der Waals surface area contributed by atoms with Gasteiger partial charge in [0.05, 0.1) is 19.0 Å². The molecule has 4 atom stereocenters. The van der Waals surface area contributed by atoms with Crippen molar-refractivity contribution in [1.29, 1.82) is 0 Å². The Morgan fingerprint density at radius 3 is 2.79 bits per heavy atom. The molecule has 2 aromatic rings. The van der Waals surface area contributed by atoms with Crippen LogP contribution in [0.25, 0.3) is 11.2 Å². The van der Waals surface area contributed by atoms with Crippen LogP contribution in [0.4, 0.5) is 5.95 Å². The molecule has 0 radical (unpaired) electrons. The second kappa shape index (κ2) is 6.39. The first-order chi connectivity index (χ1) is 11.4. The summed E-state index contributed by atoms with van der Waals surface area (Å²) < 4.78 is 13.7. The average Bonchev–Trinajstić information content (AvgIpc) is 3.03. The lowest BCUT2D eigenvalue weighted by molar-refractivity contribution is -0.00170. The number of anilines is 1. The summed E-state index contributed by atoms with van der Waals surface area (Å²) in [6.45, 7) is 10.9. The van der Waals surface area contributed by atoms with Gasteiger partial charge in [-0.15, -0.1) is 0 Å². The van der Waals surface area contributed by atoms with Gasteiger partial charge in [0.15, 0.2) is 11.2 Å². The molecule has 0 saturated carbocycles. The number of rotatable bonds is 4. The Kier molecular flexibility index (Phi) is 4.45. The van der Waals surface area contributed by atoms with Crippen molar-refractivity contribution in [3.05, 3.63) is 18.0 Å². The van der Waals surface area contributed by atoms with Gasteiger partial charge < -0.3 is 15.2 Å². The summed E-state index contributed by atoms with van der Waals surface area (Å²) in [5.41, 5.74) is 8.40. The van der Waals surface area contributed by atoms with Crippen molar-refractivity contribution in [2.45, 2.75) is 47.0 Å². The molecule has 7 heteroatoms. The van der Waals surface area contributed by atoms with E-state index in [2.05, 4.69) is 48.7 Å². The van der Waals surface area contributed by atoms with Crippen molar-refractivity contribution in [1.82, 2.24) is 19.5 Å². The summed E-state index contributed by atoms with van der Waals surface area (Å²) in [4.78, 5) is 12.9. The highest BCUT2D eigenvalue weighted by atomic mass is 16.5. The third-order valence-corrected chi connectivity index (χ3v) is 4.44. The zero-order valence-electron chi connectivity index (χ0n) is 14.9. The van der Waals surface area contributed by atoms with Crippen LogP contribution in [0.1, 0.15) is 40.8 Å². The predicted molar refractivity (Wildman–Crippen MR) is 92.6 cm³/mol. The molecule has 2 N–H and O–H groups in total. The smallest absolute Gasteiger partial charge is 0.247 e. The molecule has 0 amide bonds. The van der Waals surface area contributed by atoms with E-state index in [1.54, 1.807) is 6.33 Å². The number of nitrogens with two attached hydrogens (primary N) is 1. The summed E-state index contributed by atoms with van der Waals surface area (Å²) in [6.07, 6.45) is 4.00. The molecular weight excluding hydrogens is 306 g/mol. The van der Waals surface area contributed by atoms with E-state index >= 15 is 0 Å². The maximum Gasteiger partial charge on any atom is 0.247 e. The summed E-state index contributed by atoms with van der Waals surface area (Å²) in [6, 6.07) is 0. The molecule has 4 unspecified atom stereocenters. The molecule has 3 heterocycles. The Bertz CT molecular complexity index is 766. The highest BCUT2D eigenvalue weighted by Gasteiger charge is 2.40. The monoisotopic (exact) mass is 331 g/mol. The zero-order valence-corrected chi connectivity index (χ0v) is 14.9. The van der Waals surface area contributed by atoms with Crippen molar-refractivity contribution in [3.63, 3.8) is 0 Å². The minimum Gasteiger partial charge on any atom is -0.476 e. The van der Waals surface area contributed by atoms with Gasteiger partial charge in [-0.25, -0.2) is 4.98 Å². The van der Waals surface area contributed by atoms with Gasteiger partial charge in [-0.2, -0.15) is 9.97 Å². The fraction of sp³-hybridized carbons (Fsp3) is 0.588. The third-order valence-electron chi connectivity index (χ3n) is 4.44. The summed E-state index contributed by atoms with van der Waals surface area (Å²) in [7, 11) is 0. The SMILES string of the molecule is CCOc1nc(N)nc2c1ncn2C1OC(C)C(C=C(C)C)C1C. The first-order valence-corrected chi connectivity index (χ1v) is 8.35. The van der Waals surface area contributed by atoms with E-state index in [0.29, 0.717) is 35.5 Å². The molecule has 0 aromatic carbocycles. The average molecular weight is 331 g/mol. The molecular formula is C17H25N5O2. The van der Waals surface area contributed by atoms with Gasteiger partial charge in [0, 0.05) is 11.8 Å². The molecule has 0 bridgehead atoms. The fourth-order valence-corrected chi connectivity index (χ4v) is 3.37. The number of allylic oxidation sites excluding steroid dienone is 1. The van der Waals surface area contributed by atoms with Crippen LogP contribution in [0.5, 0.6) is 5.88 Å². The third kappa shape index (κ3) is 2.84. The lowest BCUT2D eigenvalue weighted by Gasteiger charge is -2.18. The number of nitrogen functional groups attached to an aromatic ring is 1. The van der Waals surface area contributed by atoms with Gasteiger partial charge in [0.25, 0.3) is 0 Å². The van der Waals surface area contributed by atoms with Crippen LogP contribution in [-0.4, -0.2) is 32.2 Å². The fourth-order valence-electron chi connectivity index (χ4n) is 3.37. The van der Waals surface area contributed by atoms with E-state index in [1.807, 2.05) is 11.5 Å². The number of aromatic nitrogens is 4. The first-order valence-electron chi connectivity index (χ1n) is 8.35. The lowest BCUT2D eigenvalue weighted by Crippen LogP contribution is -2.16. The second-order valence-electron chi connectivity index (χ2n) is 6.56. The number of hydrogen-bond acceptors (Lipinski definition) is 6. The molecule has 130 valence electrons. The van der Waals surface area contributed by atoms with E-state index in [9.17, 15) is 0 Å². The lowest BCUT2D eigenvalue weighted by atomic mass is 9.90. The summed E-state index contributed by atoms with van der Waals surface area (Å²) >= 11 is 0. The Morgan fingerprint density at radius 2 is 2.12 bits per heavy atom. The Morgan fingerprint density at radius 1 is 1.38 bits per heavy atom. The maximum absolute atomic E-state index is 6.22. The van der Waals surface area contributed by atoms with E-state index in [-0.39, 0.29) is 18.3 Å². The number of hydrogen-bond donors (Lipinski definition) is 1. The maximum atomic E-state index is 6.22. The quantitative estimate of drug-likeness (QED) is 0.867. The standard InChI is InChI=1S/C17H25N5O2/c1-6-23-15-13-14(20-17(18)21-15)22(8-19-13)16-10(4)12(7-9(2)3)11(5)24-16/h7-8,10-12,16H,6H2,1-5H3,(H2,18,20,21). The Balaban J connectivity index is 2.03. The minimum absolute atomic E-state index is 0.128. The number of nitrogens with zero attached hydrogens (tertiary/aromatic N) is 4. The van der Waals surface area contributed by atoms with Gasteiger partial charge in [-0.3, -0.25) is 4.57 Å². The highest BCUT2D eigenvalue weighted by molar-refractivity contribution is 5.77. The first kappa shape index (κ1) is 16.7. The molecule has 1 saturated heterocycles. The van der Waals surface area contributed by atoms with Crippen LogP contribution >= 0.6 is 0 Å². The van der Waals surface area contributed by atoms with Gasteiger partial charge in [0.2, 0.25) is 11.8 Å². The molecule has 2 aromatic heterocycles. The molecule has 0 spiro atoms. The van der Waals surface area contributed by atoms with Crippen LogP contribution < -0.4 is 10.5 Å². The van der Waals surface area contributed by atoms with Crippen molar-refractivity contribution in [3.8, 4) is 5.88 Å². The van der Waals surface area contributed by atoms with E-state index < -0.39 is 0 Å².